The number of alkyl carbamates (subject to hydrolysis) is 1. The van der Waals surface area contributed by atoms with E-state index in [1.165, 1.54) is 4.90 Å². The maximum absolute atomic E-state index is 14.2. The lowest BCUT2D eigenvalue weighted by molar-refractivity contribution is -0.130. The van der Waals surface area contributed by atoms with Crippen LogP contribution in [0.1, 0.15) is 51.7 Å². The van der Waals surface area contributed by atoms with Gasteiger partial charge in [0, 0.05) is 13.1 Å². The fourth-order valence-electron chi connectivity index (χ4n) is 4.31. The normalized spacial score (nSPS) is 18.0. The lowest BCUT2D eigenvalue weighted by Crippen LogP contribution is -2.45. The number of nitrogens with zero attached hydrogens (tertiary/aromatic N) is 2. The van der Waals surface area contributed by atoms with E-state index in [4.69, 9.17) is 9.47 Å². The van der Waals surface area contributed by atoms with Gasteiger partial charge in [-0.15, -0.1) is 4.99 Å². The summed E-state index contributed by atoms with van der Waals surface area (Å²) in [7, 11) is 0. The van der Waals surface area contributed by atoms with Crippen LogP contribution in [0.5, 0.6) is 0 Å². The molecular weight excluding hydrogens is 532 g/mol. The Balaban J connectivity index is 1.76. The highest BCUT2D eigenvalue weighted by molar-refractivity contribution is 6.13. The number of hydrogen-bond donors (Lipinski definition) is 2. The van der Waals surface area contributed by atoms with E-state index in [-0.39, 0.29) is 25.0 Å². The van der Waals surface area contributed by atoms with Gasteiger partial charge in [0.15, 0.2) is 5.54 Å². The number of rotatable bonds is 11. The zero-order valence-electron chi connectivity index (χ0n) is 24.8. The highest BCUT2D eigenvalue weighted by Gasteiger charge is 2.52. The van der Waals surface area contributed by atoms with Crippen LogP contribution in [0.25, 0.3) is 0 Å². The Morgan fingerprint density at radius 2 is 1.71 bits per heavy atom. The third-order valence-electron chi connectivity index (χ3n) is 6.29. The van der Waals surface area contributed by atoms with Gasteiger partial charge in [0.25, 0.3) is 5.91 Å². The zero-order chi connectivity index (χ0) is 30.6. The number of unbranched alkanes of at least 4 members (excludes halogenated alkanes) is 1. The number of nitrogens with one attached hydrogen (secondary N) is 2. The Morgan fingerprint density at radius 3 is 2.36 bits per heavy atom. The fourth-order valence-corrected chi connectivity index (χ4v) is 4.31. The van der Waals surface area contributed by atoms with Crippen LogP contribution < -0.4 is 10.6 Å². The van der Waals surface area contributed by atoms with Crippen LogP contribution in [0.2, 0.25) is 0 Å². The Bertz CT molecular complexity index is 1330. The van der Waals surface area contributed by atoms with Crippen LogP contribution in [0.4, 0.5) is 9.59 Å². The summed E-state index contributed by atoms with van der Waals surface area (Å²) in [5.41, 5.74) is -0.0929. The first-order chi connectivity index (χ1) is 20.1. The molecule has 2 aromatic rings. The summed E-state index contributed by atoms with van der Waals surface area (Å²) in [4.78, 5) is 44.6. The number of carbonyl (C=O) groups excluding carboxylic acids is 3. The summed E-state index contributed by atoms with van der Waals surface area (Å²) >= 11 is 0. The summed E-state index contributed by atoms with van der Waals surface area (Å²) in [5, 5.41) is 5.95. The molecule has 1 atom stereocenters. The van der Waals surface area contributed by atoms with Crippen LogP contribution >= 0.6 is 0 Å². The first kappa shape index (κ1) is 31.9. The maximum Gasteiger partial charge on any atom is 0.437 e. The van der Waals surface area contributed by atoms with E-state index in [1.54, 1.807) is 32.9 Å². The summed E-state index contributed by atoms with van der Waals surface area (Å²) in [5.74, 6) is -0.240. The van der Waals surface area contributed by atoms with Gasteiger partial charge in [0.1, 0.15) is 12.2 Å². The third-order valence-corrected chi connectivity index (χ3v) is 6.29. The van der Waals surface area contributed by atoms with E-state index in [0.717, 1.165) is 5.56 Å². The van der Waals surface area contributed by atoms with E-state index >= 15 is 0 Å². The molecule has 0 radical (unpaired) electrons. The highest BCUT2D eigenvalue weighted by Crippen LogP contribution is 2.36. The topological polar surface area (TPSA) is 109 Å². The third kappa shape index (κ3) is 8.67. The minimum Gasteiger partial charge on any atom is -0.445 e. The van der Waals surface area contributed by atoms with Gasteiger partial charge in [-0.05, 0) is 57.2 Å². The largest absolute Gasteiger partial charge is 0.445 e. The molecule has 0 aliphatic carbocycles. The molecule has 9 nitrogen and oxygen atoms in total. The molecule has 0 aromatic heterocycles. The lowest BCUT2D eigenvalue weighted by Gasteiger charge is -2.28. The van der Waals surface area contributed by atoms with Crippen molar-refractivity contribution in [1.29, 1.82) is 0 Å². The summed E-state index contributed by atoms with van der Waals surface area (Å²) < 4.78 is 10.7. The number of carbonyl (C=O) groups is 3. The average molecular weight is 573 g/mol. The van der Waals surface area contributed by atoms with Crippen LogP contribution in [0.3, 0.4) is 0 Å². The number of allylic oxidation sites excluding steroid dienone is 3. The van der Waals surface area contributed by atoms with E-state index in [2.05, 4.69) is 22.2 Å². The van der Waals surface area contributed by atoms with Gasteiger partial charge < -0.3 is 20.1 Å². The van der Waals surface area contributed by atoms with Crippen LogP contribution in [0, 0.1) is 0 Å². The van der Waals surface area contributed by atoms with E-state index in [0.29, 0.717) is 30.5 Å². The quantitative estimate of drug-likeness (QED) is 0.253. The number of amides is 3. The predicted molar refractivity (Wildman–Crippen MR) is 164 cm³/mol. The zero-order valence-corrected chi connectivity index (χ0v) is 24.8. The Kier molecular flexibility index (Phi) is 11.2. The first-order valence-electron chi connectivity index (χ1n) is 14.0. The van der Waals surface area contributed by atoms with Crippen molar-refractivity contribution >= 4 is 24.1 Å². The number of aliphatic imine (C=N–C) groups is 1. The van der Waals surface area contributed by atoms with Crippen molar-refractivity contribution in [2.75, 3.05) is 13.1 Å². The molecule has 1 heterocycles. The van der Waals surface area contributed by atoms with Crippen molar-refractivity contribution in [2.45, 2.75) is 58.3 Å². The monoisotopic (exact) mass is 572 g/mol. The number of ether oxygens (including phenoxy) is 2. The fraction of sp³-hybridized carbons (Fsp3) is 0.333. The van der Waals surface area contributed by atoms with Gasteiger partial charge in [0.05, 0.1) is 0 Å². The molecule has 222 valence electrons. The van der Waals surface area contributed by atoms with Crippen molar-refractivity contribution in [3.63, 3.8) is 0 Å². The van der Waals surface area contributed by atoms with Gasteiger partial charge in [0.2, 0.25) is 5.96 Å². The van der Waals surface area contributed by atoms with E-state index < -0.39 is 23.3 Å². The number of hydrogen-bond acceptors (Lipinski definition) is 5. The molecule has 1 saturated heterocycles. The first-order valence-corrected chi connectivity index (χ1v) is 14.0. The molecule has 3 rings (SSSR count). The van der Waals surface area contributed by atoms with Crippen molar-refractivity contribution in [3.8, 4) is 0 Å². The molecule has 0 bridgehead atoms. The minimum absolute atomic E-state index is 0.0777. The summed E-state index contributed by atoms with van der Waals surface area (Å²) in [6.45, 7) is 12.1. The minimum atomic E-state index is -1.38. The summed E-state index contributed by atoms with van der Waals surface area (Å²) in [6, 6.07) is 18.6. The van der Waals surface area contributed by atoms with Crippen molar-refractivity contribution in [3.05, 3.63) is 108 Å². The molecule has 0 saturated carbocycles. The highest BCUT2D eigenvalue weighted by atomic mass is 16.6. The Hall–Kier alpha value is -4.66. The van der Waals surface area contributed by atoms with Gasteiger partial charge in [-0.25, -0.2) is 9.59 Å². The molecule has 0 spiro atoms. The SMILES string of the molecule is C=C(/C=C\C=C/C)[C@@]1(c2ccccc2)N/C(=N\C(=O)OC(C)(C)C)N(CCCCNC(=O)OCc2ccccc2)C1=O. The molecule has 2 N–H and O–H groups in total. The number of guanidine groups is 1. The average Bonchev–Trinajstić information content (AvgIpc) is 3.23. The van der Waals surface area contributed by atoms with Crippen molar-refractivity contribution in [2.24, 2.45) is 4.99 Å². The van der Waals surface area contributed by atoms with Gasteiger partial charge >= 0.3 is 12.2 Å². The molecule has 2 aromatic carbocycles. The van der Waals surface area contributed by atoms with Gasteiger partial charge in [-0.3, -0.25) is 9.69 Å². The second-order valence-corrected chi connectivity index (χ2v) is 10.7. The predicted octanol–water partition coefficient (Wildman–Crippen LogP) is 6.00. The van der Waals surface area contributed by atoms with Crippen LogP contribution in [-0.2, 0) is 26.4 Å². The summed E-state index contributed by atoms with van der Waals surface area (Å²) in [6.07, 6.45) is 7.03. The lowest BCUT2D eigenvalue weighted by atomic mass is 9.82. The molecule has 42 heavy (non-hydrogen) atoms. The molecule has 1 fully saturated rings. The van der Waals surface area contributed by atoms with Crippen molar-refractivity contribution < 1.29 is 23.9 Å². The second-order valence-electron chi connectivity index (χ2n) is 10.7. The van der Waals surface area contributed by atoms with Crippen LogP contribution in [-0.4, -0.2) is 47.6 Å². The van der Waals surface area contributed by atoms with Crippen LogP contribution in [0.15, 0.2) is 102 Å². The van der Waals surface area contributed by atoms with E-state index in [1.807, 2.05) is 79.7 Å². The number of benzene rings is 2. The smallest absolute Gasteiger partial charge is 0.437 e. The molecule has 0 unspecified atom stereocenters. The standard InChI is InChI=1S/C33H40N4O5/c1-6-7-10-17-25(2)33(27-20-13-9-14-21-27)28(38)37(29(36-33)35-31(40)42-32(3,4)5)23-16-15-22-34-30(39)41-24-26-18-11-8-12-19-26/h6-14,17-21H,2,15-16,22-24H2,1,3-5H3,(H,34,39)(H,35,36,40)/b7-6-,17-10-/t33-/m0/s1. The molecule has 1 aliphatic heterocycles. The van der Waals surface area contributed by atoms with Gasteiger partial charge in [-0.1, -0.05) is 91.5 Å². The second kappa shape index (κ2) is 14.8. The van der Waals surface area contributed by atoms with Gasteiger partial charge in [-0.2, -0.15) is 0 Å². The maximum atomic E-state index is 14.2. The molecule has 9 heteroatoms. The van der Waals surface area contributed by atoms with E-state index in [9.17, 15) is 14.4 Å². The molecule has 1 aliphatic rings. The molecule has 3 amide bonds. The Labute approximate surface area is 248 Å². The Morgan fingerprint density at radius 1 is 1.05 bits per heavy atom. The molecular formula is C33H40N4O5. The van der Waals surface area contributed by atoms with Crippen molar-refractivity contribution in [1.82, 2.24) is 15.5 Å².